The van der Waals surface area contributed by atoms with Crippen LogP contribution in [0.3, 0.4) is 0 Å². The van der Waals surface area contributed by atoms with E-state index in [0.717, 1.165) is 0 Å². The highest BCUT2D eigenvalue weighted by Gasteiger charge is 2.11. The molecule has 160 valence electrons. The maximum atomic E-state index is 12.4. The van der Waals surface area contributed by atoms with E-state index in [0.29, 0.717) is 22.7 Å². The van der Waals surface area contributed by atoms with Crippen LogP contribution >= 0.6 is 0 Å². The number of anilines is 4. The molecule has 0 bridgehead atoms. The van der Waals surface area contributed by atoms with Crippen molar-refractivity contribution in [1.82, 2.24) is 0 Å². The number of urea groups is 1. The number of carbonyl (C=O) groups is 3. The molecule has 4 N–H and O–H groups in total. The molecule has 2 aromatic carbocycles. The molecular weight excluding hydrogens is 412 g/mol. The van der Waals surface area contributed by atoms with Gasteiger partial charge in [0.1, 0.15) is 0 Å². The molecule has 0 unspecified atom stereocenters. The summed E-state index contributed by atoms with van der Waals surface area (Å²) in [6, 6.07) is 19.2. The summed E-state index contributed by atoms with van der Waals surface area (Å²) < 4.78 is 10.1. The predicted octanol–water partition coefficient (Wildman–Crippen LogP) is 5.02. The fourth-order valence-electron chi connectivity index (χ4n) is 2.84. The third-order valence-corrected chi connectivity index (χ3v) is 4.25. The van der Waals surface area contributed by atoms with E-state index in [2.05, 4.69) is 21.3 Å². The number of furan rings is 2. The quantitative estimate of drug-likeness (QED) is 0.342. The molecule has 4 amide bonds. The van der Waals surface area contributed by atoms with Crippen molar-refractivity contribution in [1.29, 1.82) is 0 Å². The van der Waals surface area contributed by atoms with Crippen LogP contribution in [-0.4, -0.2) is 17.8 Å². The Morgan fingerprint density at radius 2 is 0.938 bits per heavy atom. The maximum absolute atomic E-state index is 12.4. The molecule has 0 atom stereocenters. The monoisotopic (exact) mass is 430 g/mol. The average Bonchev–Trinajstić information content (AvgIpc) is 3.49. The number of hydrogen-bond donors (Lipinski definition) is 4. The van der Waals surface area contributed by atoms with Crippen LogP contribution in [0.1, 0.15) is 21.1 Å². The molecule has 0 saturated heterocycles. The molecule has 0 spiro atoms. The predicted molar refractivity (Wildman–Crippen MR) is 119 cm³/mol. The van der Waals surface area contributed by atoms with Gasteiger partial charge < -0.3 is 30.1 Å². The Hall–Kier alpha value is -4.79. The van der Waals surface area contributed by atoms with Gasteiger partial charge in [-0.3, -0.25) is 9.59 Å². The van der Waals surface area contributed by atoms with Gasteiger partial charge in [0.2, 0.25) is 0 Å². The van der Waals surface area contributed by atoms with Gasteiger partial charge in [-0.2, -0.15) is 0 Å². The summed E-state index contributed by atoms with van der Waals surface area (Å²) in [6.07, 6.45) is 2.82. The lowest BCUT2D eigenvalue weighted by atomic mass is 10.2. The molecule has 2 aromatic heterocycles. The fourth-order valence-corrected chi connectivity index (χ4v) is 2.84. The molecule has 9 nitrogen and oxygen atoms in total. The molecule has 9 heteroatoms. The van der Waals surface area contributed by atoms with E-state index in [4.69, 9.17) is 8.83 Å². The first kappa shape index (κ1) is 20.5. The van der Waals surface area contributed by atoms with Crippen molar-refractivity contribution < 1.29 is 23.2 Å². The van der Waals surface area contributed by atoms with Crippen molar-refractivity contribution in [3.8, 4) is 0 Å². The van der Waals surface area contributed by atoms with Gasteiger partial charge >= 0.3 is 6.03 Å². The molecule has 0 aliphatic carbocycles. The van der Waals surface area contributed by atoms with E-state index in [1.165, 1.54) is 12.5 Å². The summed E-state index contributed by atoms with van der Waals surface area (Å²) in [6.45, 7) is 0. The molecule has 0 fully saturated rings. The van der Waals surface area contributed by atoms with Gasteiger partial charge in [0.25, 0.3) is 11.8 Å². The topological polar surface area (TPSA) is 126 Å². The summed E-state index contributed by atoms with van der Waals surface area (Å²) in [5.41, 5.74) is 1.93. The van der Waals surface area contributed by atoms with Crippen LogP contribution in [-0.2, 0) is 0 Å². The molecule has 32 heavy (non-hydrogen) atoms. The highest BCUT2D eigenvalue weighted by Crippen LogP contribution is 2.19. The zero-order valence-corrected chi connectivity index (χ0v) is 16.6. The Labute approximate surface area is 182 Å². The summed E-state index contributed by atoms with van der Waals surface area (Å²) in [4.78, 5) is 36.6. The normalized spacial score (nSPS) is 10.2. The minimum atomic E-state index is -0.492. The Bertz CT molecular complexity index is 1140. The van der Waals surface area contributed by atoms with Gasteiger partial charge in [0.05, 0.1) is 12.5 Å². The van der Waals surface area contributed by atoms with E-state index in [1.807, 2.05) is 0 Å². The van der Waals surface area contributed by atoms with Crippen LogP contribution in [0.15, 0.2) is 94.2 Å². The lowest BCUT2D eigenvalue weighted by Crippen LogP contribution is -2.20. The van der Waals surface area contributed by atoms with Crippen molar-refractivity contribution in [3.05, 3.63) is 96.8 Å². The summed E-state index contributed by atoms with van der Waals surface area (Å²) >= 11 is 0. The summed E-state index contributed by atoms with van der Waals surface area (Å²) in [7, 11) is 0. The molecule has 0 aliphatic rings. The molecule has 0 radical (unpaired) electrons. The van der Waals surface area contributed by atoms with Crippen LogP contribution < -0.4 is 21.3 Å². The van der Waals surface area contributed by atoms with Gasteiger partial charge in [-0.15, -0.1) is 0 Å². The van der Waals surface area contributed by atoms with Gasteiger partial charge in [-0.1, -0.05) is 12.1 Å². The lowest BCUT2D eigenvalue weighted by molar-refractivity contribution is 0.0989. The first-order valence-corrected chi connectivity index (χ1v) is 9.55. The Morgan fingerprint density at radius 1 is 0.531 bits per heavy atom. The minimum Gasteiger partial charge on any atom is -0.459 e. The second-order valence-corrected chi connectivity index (χ2v) is 6.60. The van der Waals surface area contributed by atoms with Crippen molar-refractivity contribution in [2.75, 3.05) is 21.3 Å². The number of benzene rings is 2. The fraction of sp³-hybridized carbons (Fsp3) is 0. The van der Waals surface area contributed by atoms with Crippen molar-refractivity contribution in [2.24, 2.45) is 0 Å². The number of nitrogens with one attached hydrogen (secondary N) is 4. The first-order valence-electron chi connectivity index (χ1n) is 9.55. The maximum Gasteiger partial charge on any atom is 0.323 e. The number of carbonyl (C=O) groups excluding carboxylic acids is 3. The van der Waals surface area contributed by atoms with E-state index >= 15 is 0 Å². The van der Waals surface area contributed by atoms with E-state index < -0.39 is 17.8 Å². The van der Waals surface area contributed by atoms with Gasteiger partial charge in [0.15, 0.2) is 11.5 Å². The van der Waals surface area contributed by atoms with Crippen LogP contribution in [0.2, 0.25) is 0 Å². The smallest absolute Gasteiger partial charge is 0.323 e. The highest BCUT2D eigenvalue weighted by atomic mass is 16.3. The van der Waals surface area contributed by atoms with Crippen molar-refractivity contribution >= 4 is 40.6 Å². The van der Waals surface area contributed by atoms with Gasteiger partial charge in [0, 0.05) is 22.7 Å². The van der Waals surface area contributed by atoms with Crippen molar-refractivity contribution in [3.63, 3.8) is 0 Å². The van der Waals surface area contributed by atoms with E-state index in [-0.39, 0.29) is 11.5 Å². The summed E-state index contributed by atoms with van der Waals surface area (Å²) in [5, 5.41) is 10.8. The standard InChI is InChI=1S/C23H18N4O5/c28-21(19-9-3-11-31-19)24-15-5-1-7-17(13-15)26-23(30)27-18-8-2-6-16(14-18)25-22(29)20-10-4-12-32-20/h1-14H,(H,24,28)(H,25,29)(H2,26,27,30). The molecule has 4 rings (SSSR count). The van der Waals surface area contributed by atoms with Crippen LogP contribution in [0, 0.1) is 0 Å². The second-order valence-electron chi connectivity index (χ2n) is 6.60. The molecule has 0 saturated carbocycles. The van der Waals surface area contributed by atoms with E-state index in [9.17, 15) is 14.4 Å². The first-order chi connectivity index (χ1) is 15.6. The largest absolute Gasteiger partial charge is 0.459 e. The van der Waals surface area contributed by atoms with Crippen LogP contribution in [0.25, 0.3) is 0 Å². The van der Waals surface area contributed by atoms with E-state index in [1.54, 1.807) is 72.8 Å². The zero-order valence-electron chi connectivity index (χ0n) is 16.6. The Balaban J connectivity index is 1.35. The molecular formula is C23H18N4O5. The van der Waals surface area contributed by atoms with Crippen molar-refractivity contribution in [2.45, 2.75) is 0 Å². The number of rotatable bonds is 6. The average molecular weight is 430 g/mol. The summed E-state index contributed by atoms with van der Waals surface area (Å²) in [5.74, 6) is -0.435. The van der Waals surface area contributed by atoms with Gasteiger partial charge in [-0.05, 0) is 60.7 Å². The minimum absolute atomic E-state index is 0.181. The molecule has 0 aliphatic heterocycles. The second kappa shape index (κ2) is 9.35. The van der Waals surface area contributed by atoms with Gasteiger partial charge in [-0.25, -0.2) is 4.79 Å². The Morgan fingerprint density at radius 3 is 1.31 bits per heavy atom. The van der Waals surface area contributed by atoms with Crippen LogP contribution in [0.5, 0.6) is 0 Å². The number of hydrogen-bond acceptors (Lipinski definition) is 5. The SMILES string of the molecule is O=C(Nc1cccc(NC(=O)c2ccco2)c1)Nc1cccc(NC(=O)c2ccco2)c1. The number of amides is 4. The van der Waals surface area contributed by atoms with Crippen LogP contribution in [0.4, 0.5) is 27.5 Å². The molecule has 4 aromatic rings. The third-order valence-electron chi connectivity index (χ3n) is 4.25. The zero-order chi connectivity index (χ0) is 22.3. The molecule has 2 heterocycles. The Kier molecular flexibility index (Phi) is 5.98. The highest BCUT2D eigenvalue weighted by molar-refractivity contribution is 6.04. The third kappa shape index (κ3) is 5.22. The lowest BCUT2D eigenvalue weighted by Gasteiger charge is -2.11.